The molecule has 3 fully saturated rings. The van der Waals surface area contributed by atoms with Crippen LogP contribution in [0.15, 0.2) is 24.5 Å². The molecule has 1 unspecified atom stereocenters. The van der Waals surface area contributed by atoms with Crippen LogP contribution in [0.25, 0.3) is 0 Å². The van der Waals surface area contributed by atoms with Gasteiger partial charge in [-0.15, -0.1) is 0 Å². The second-order valence-electron chi connectivity index (χ2n) is 7.06. The van der Waals surface area contributed by atoms with Crippen LogP contribution in [0, 0.1) is 5.92 Å². The van der Waals surface area contributed by atoms with Gasteiger partial charge in [0.15, 0.2) is 0 Å². The van der Waals surface area contributed by atoms with Gasteiger partial charge in [-0.05, 0) is 49.7 Å². The molecule has 2 saturated heterocycles. The highest BCUT2D eigenvalue weighted by Crippen LogP contribution is 2.40. The smallest absolute Gasteiger partial charge is 0.228 e. The van der Waals surface area contributed by atoms with Gasteiger partial charge in [0.25, 0.3) is 0 Å². The summed E-state index contributed by atoms with van der Waals surface area (Å²) in [4.78, 5) is 19.1. The van der Waals surface area contributed by atoms with Crippen molar-refractivity contribution < 1.29 is 4.79 Å². The van der Waals surface area contributed by atoms with Crippen molar-refractivity contribution in [3.8, 4) is 0 Å². The number of nitrogens with zero attached hydrogens (tertiary/aromatic N) is 2. The van der Waals surface area contributed by atoms with Crippen molar-refractivity contribution in [2.45, 2.75) is 43.6 Å². The number of carbonyl (C=O) groups excluding carboxylic acids is 1. The number of pyridine rings is 1. The normalized spacial score (nSPS) is 28.8. The molecule has 1 aromatic heterocycles. The topological polar surface area (TPSA) is 45.2 Å². The van der Waals surface area contributed by atoms with Gasteiger partial charge in [0.2, 0.25) is 5.91 Å². The predicted octanol–water partition coefficient (Wildman–Crippen LogP) is 1.93. The zero-order valence-corrected chi connectivity index (χ0v) is 12.4. The van der Waals surface area contributed by atoms with Gasteiger partial charge in [-0.25, -0.2) is 0 Å². The van der Waals surface area contributed by atoms with Crippen LogP contribution in [0.1, 0.15) is 43.6 Å². The lowest BCUT2D eigenvalue weighted by Gasteiger charge is -2.39. The van der Waals surface area contributed by atoms with E-state index in [0.717, 1.165) is 43.8 Å². The van der Waals surface area contributed by atoms with E-state index in [1.165, 1.54) is 19.4 Å². The molecule has 0 aromatic carbocycles. The first-order chi connectivity index (χ1) is 10.2. The molecular formula is C17H23N3O. The number of likely N-dealkylation sites (tertiary alicyclic amines) is 1. The number of amides is 1. The Balaban J connectivity index is 1.42. The van der Waals surface area contributed by atoms with Gasteiger partial charge >= 0.3 is 0 Å². The summed E-state index contributed by atoms with van der Waals surface area (Å²) in [5.74, 6) is 1.15. The molecule has 0 bridgehead atoms. The van der Waals surface area contributed by atoms with E-state index in [1.54, 1.807) is 6.20 Å². The zero-order valence-electron chi connectivity index (χ0n) is 12.4. The molecule has 1 N–H and O–H groups in total. The highest BCUT2D eigenvalue weighted by Gasteiger charge is 2.46. The highest BCUT2D eigenvalue weighted by molar-refractivity contribution is 5.87. The lowest BCUT2D eigenvalue weighted by atomic mass is 9.82. The molecule has 0 radical (unpaired) electrons. The number of rotatable bonds is 3. The number of nitrogens with one attached hydrogen (secondary N) is 1. The Morgan fingerprint density at radius 1 is 1.33 bits per heavy atom. The van der Waals surface area contributed by atoms with Crippen LogP contribution in [0.5, 0.6) is 0 Å². The molecule has 1 saturated carbocycles. The first-order valence-corrected chi connectivity index (χ1v) is 8.18. The summed E-state index contributed by atoms with van der Waals surface area (Å²) in [6.07, 6.45) is 9.58. The molecule has 2 aliphatic heterocycles. The van der Waals surface area contributed by atoms with Gasteiger partial charge < -0.3 is 10.2 Å². The molecular weight excluding hydrogens is 262 g/mol. The molecule has 21 heavy (non-hydrogen) atoms. The van der Waals surface area contributed by atoms with E-state index in [-0.39, 0.29) is 17.4 Å². The van der Waals surface area contributed by atoms with Gasteiger partial charge in [0, 0.05) is 37.6 Å². The maximum Gasteiger partial charge on any atom is 0.228 e. The van der Waals surface area contributed by atoms with Crippen LogP contribution in [0.3, 0.4) is 0 Å². The van der Waals surface area contributed by atoms with Crippen molar-refractivity contribution in [3.05, 3.63) is 30.1 Å². The first-order valence-electron chi connectivity index (χ1n) is 8.18. The van der Waals surface area contributed by atoms with E-state index < -0.39 is 0 Å². The average Bonchev–Trinajstić information content (AvgIpc) is 3.26. The van der Waals surface area contributed by atoms with Crippen LogP contribution in [-0.4, -0.2) is 41.0 Å². The fourth-order valence-corrected chi connectivity index (χ4v) is 3.89. The van der Waals surface area contributed by atoms with Gasteiger partial charge in [0.1, 0.15) is 0 Å². The van der Waals surface area contributed by atoms with Gasteiger partial charge in [-0.3, -0.25) is 9.78 Å². The third kappa shape index (κ3) is 2.69. The van der Waals surface area contributed by atoms with Crippen molar-refractivity contribution in [2.24, 2.45) is 5.92 Å². The Hall–Kier alpha value is -1.42. The van der Waals surface area contributed by atoms with Crippen molar-refractivity contribution in [1.82, 2.24) is 15.2 Å². The standard InChI is InChI=1S/C17H23N3O/c21-16-15(14-2-1-7-18-11-14)10-17(19-16)5-8-20(9-6-17)12-13-3-4-13/h1-2,7,11,13,15H,3-6,8-10,12H2,(H,19,21). The Morgan fingerprint density at radius 2 is 2.14 bits per heavy atom. The van der Waals surface area contributed by atoms with Gasteiger partial charge in [-0.1, -0.05) is 6.07 Å². The minimum absolute atomic E-state index is 0.00585. The summed E-state index contributed by atoms with van der Waals surface area (Å²) < 4.78 is 0. The predicted molar refractivity (Wildman–Crippen MR) is 80.9 cm³/mol. The Kier molecular flexibility index (Phi) is 3.21. The third-order valence-electron chi connectivity index (χ3n) is 5.41. The minimum atomic E-state index is -0.00585. The molecule has 3 heterocycles. The summed E-state index contributed by atoms with van der Waals surface area (Å²) in [6.45, 7) is 3.54. The van der Waals surface area contributed by atoms with E-state index in [1.807, 2.05) is 18.3 Å². The number of carbonyl (C=O) groups is 1. The molecule has 112 valence electrons. The molecule has 3 aliphatic rings. The van der Waals surface area contributed by atoms with Crippen LogP contribution < -0.4 is 5.32 Å². The molecule has 1 aliphatic carbocycles. The largest absolute Gasteiger partial charge is 0.350 e. The maximum absolute atomic E-state index is 12.4. The Labute approximate surface area is 125 Å². The van der Waals surface area contributed by atoms with E-state index in [0.29, 0.717) is 0 Å². The van der Waals surface area contributed by atoms with Crippen LogP contribution in [0.2, 0.25) is 0 Å². The monoisotopic (exact) mass is 285 g/mol. The number of piperidine rings is 1. The van der Waals surface area contributed by atoms with Gasteiger partial charge in [-0.2, -0.15) is 0 Å². The second-order valence-corrected chi connectivity index (χ2v) is 7.06. The van der Waals surface area contributed by atoms with Crippen molar-refractivity contribution in [1.29, 1.82) is 0 Å². The molecule has 4 heteroatoms. The lowest BCUT2D eigenvalue weighted by Crippen LogP contribution is -2.51. The summed E-state index contributed by atoms with van der Waals surface area (Å²) in [5, 5.41) is 3.31. The maximum atomic E-state index is 12.4. The summed E-state index contributed by atoms with van der Waals surface area (Å²) in [5.41, 5.74) is 1.10. The summed E-state index contributed by atoms with van der Waals surface area (Å²) >= 11 is 0. The quantitative estimate of drug-likeness (QED) is 0.923. The molecule has 1 amide bonds. The fraction of sp³-hybridized carbons (Fsp3) is 0.647. The Bertz CT molecular complexity index is 518. The van der Waals surface area contributed by atoms with Crippen LogP contribution in [-0.2, 0) is 4.79 Å². The van der Waals surface area contributed by atoms with E-state index in [4.69, 9.17) is 0 Å². The molecule has 1 aromatic rings. The molecule has 4 rings (SSSR count). The van der Waals surface area contributed by atoms with Crippen molar-refractivity contribution >= 4 is 5.91 Å². The zero-order chi connectivity index (χ0) is 14.3. The average molecular weight is 285 g/mol. The minimum Gasteiger partial charge on any atom is -0.350 e. The lowest BCUT2D eigenvalue weighted by molar-refractivity contribution is -0.121. The number of hydrogen-bond acceptors (Lipinski definition) is 3. The first kappa shape index (κ1) is 13.3. The molecule has 1 spiro atoms. The van der Waals surface area contributed by atoms with E-state index in [9.17, 15) is 4.79 Å². The third-order valence-corrected chi connectivity index (χ3v) is 5.41. The van der Waals surface area contributed by atoms with E-state index >= 15 is 0 Å². The molecule has 1 atom stereocenters. The van der Waals surface area contributed by atoms with E-state index in [2.05, 4.69) is 15.2 Å². The van der Waals surface area contributed by atoms with Crippen LogP contribution in [0.4, 0.5) is 0 Å². The van der Waals surface area contributed by atoms with Crippen LogP contribution >= 0.6 is 0 Å². The highest BCUT2D eigenvalue weighted by atomic mass is 16.2. The number of aromatic nitrogens is 1. The second kappa shape index (κ2) is 5.09. The fourth-order valence-electron chi connectivity index (χ4n) is 3.89. The van der Waals surface area contributed by atoms with Gasteiger partial charge in [0.05, 0.1) is 5.92 Å². The van der Waals surface area contributed by atoms with Crippen molar-refractivity contribution in [2.75, 3.05) is 19.6 Å². The number of hydrogen-bond donors (Lipinski definition) is 1. The SMILES string of the molecule is O=C1NC2(CCN(CC3CC3)CC2)CC1c1cccnc1. The molecule has 4 nitrogen and oxygen atoms in total. The van der Waals surface area contributed by atoms with Crippen molar-refractivity contribution in [3.63, 3.8) is 0 Å². The summed E-state index contributed by atoms with van der Waals surface area (Å²) in [6, 6.07) is 3.95. The summed E-state index contributed by atoms with van der Waals surface area (Å²) in [7, 11) is 0. The Morgan fingerprint density at radius 3 is 2.81 bits per heavy atom.